The second-order valence-electron chi connectivity index (χ2n) is 6.12. The molecule has 3 N–H and O–H groups in total. The van der Waals surface area contributed by atoms with Crippen LogP contribution >= 0.6 is 0 Å². The Labute approximate surface area is 155 Å². The number of nitrogens with two attached hydrogens (primary N) is 1. The summed E-state index contributed by atoms with van der Waals surface area (Å²) in [5, 5.41) is 3.17. The molecule has 0 bridgehead atoms. The Kier molecular flexibility index (Phi) is 5.73. The number of rotatable bonds is 5. The topological polar surface area (TPSA) is 68.9 Å². The van der Waals surface area contributed by atoms with E-state index >= 15 is 0 Å². The average Bonchev–Trinajstić information content (AvgIpc) is 2.65. The number of hydrogen-bond acceptors (Lipinski definition) is 3. The van der Waals surface area contributed by atoms with Crippen molar-refractivity contribution in [3.05, 3.63) is 59.7 Å². The van der Waals surface area contributed by atoms with Gasteiger partial charge in [0.2, 0.25) is 0 Å². The molecule has 0 amide bonds. The molecule has 1 heterocycles. The summed E-state index contributed by atoms with van der Waals surface area (Å²) in [7, 11) is 0. The van der Waals surface area contributed by atoms with Crippen LogP contribution in [-0.4, -0.2) is 25.3 Å². The van der Waals surface area contributed by atoms with Gasteiger partial charge >= 0.3 is 6.18 Å². The predicted molar refractivity (Wildman–Crippen MR) is 95.7 cm³/mol. The van der Waals surface area contributed by atoms with Crippen LogP contribution in [0.15, 0.2) is 53.5 Å². The number of para-hydroxylation sites is 1. The van der Waals surface area contributed by atoms with Crippen molar-refractivity contribution in [1.82, 2.24) is 5.32 Å². The summed E-state index contributed by atoms with van der Waals surface area (Å²) in [6.45, 7) is -0.514. The maximum atomic E-state index is 12.2. The van der Waals surface area contributed by atoms with Crippen LogP contribution in [0.4, 0.5) is 13.2 Å². The van der Waals surface area contributed by atoms with E-state index in [0.717, 1.165) is 17.7 Å². The van der Waals surface area contributed by atoms with Crippen LogP contribution in [0.5, 0.6) is 11.5 Å². The maximum absolute atomic E-state index is 12.2. The molecule has 2 aromatic carbocycles. The van der Waals surface area contributed by atoms with Crippen molar-refractivity contribution >= 4 is 5.96 Å². The number of nitrogens with one attached hydrogen (secondary N) is 1. The molecule has 0 fully saturated rings. The third-order valence-electron chi connectivity index (χ3n) is 4.01. The molecule has 2 aromatic rings. The lowest BCUT2D eigenvalue weighted by Crippen LogP contribution is -2.37. The van der Waals surface area contributed by atoms with E-state index in [1.54, 1.807) is 12.1 Å². The number of hydrogen-bond donors (Lipinski definition) is 2. The Morgan fingerprint density at radius 1 is 1.22 bits per heavy atom. The first kappa shape index (κ1) is 18.9. The van der Waals surface area contributed by atoms with Crippen molar-refractivity contribution in [3.63, 3.8) is 0 Å². The van der Waals surface area contributed by atoms with Crippen molar-refractivity contribution in [2.45, 2.75) is 25.2 Å². The molecule has 1 atom stereocenters. The highest BCUT2D eigenvalue weighted by molar-refractivity contribution is 5.78. The number of benzene rings is 2. The van der Waals surface area contributed by atoms with Crippen LogP contribution in [0.3, 0.4) is 0 Å². The van der Waals surface area contributed by atoms with E-state index in [1.807, 2.05) is 24.3 Å². The van der Waals surface area contributed by atoms with Crippen molar-refractivity contribution in [1.29, 1.82) is 0 Å². The molecule has 0 aromatic heterocycles. The van der Waals surface area contributed by atoms with Gasteiger partial charge in [0.15, 0.2) is 12.6 Å². The lowest BCUT2D eigenvalue weighted by Gasteiger charge is -2.26. The van der Waals surface area contributed by atoms with E-state index in [2.05, 4.69) is 10.3 Å². The number of fused-ring (bicyclic) bond motifs is 1. The van der Waals surface area contributed by atoms with Gasteiger partial charge in [-0.25, -0.2) is 4.99 Å². The largest absolute Gasteiger partial charge is 0.493 e. The Morgan fingerprint density at radius 2 is 2.04 bits per heavy atom. The molecule has 0 saturated heterocycles. The lowest BCUT2D eigenvalue weighted by molar-refractivity contribution is -0.153. The molecule has 1 aliphatic heterocycles. The van der Waals surface area contributed by atoms with Gasteiger partial charge in [0.05, 0.1) is 19.2 Å². The second kappa shape index (κ2) is 8.20. The first-order chi connectivity index (χ1) is 12.9. The van der Waals surface area contributed by atoms with Crippen molar-refractivity contribution < 1.29 is 22.6 Å². The number of ether oxygens (including phenoxy) is 2. The monoisotopic (exact) mass is 379 g/mol. The lowest BCUT2D eigenvalue weighted by atomic mass is 10.0. The molecule has 144 valence electrons. The van der Waals surface area contributed by atoms with Gasteiger partial charge in [0, 0.05) is 12.0 Å². The second-order valence-corrected chi connectivity index (χ2v) is 6.12. The van der Waals surface area contributed by atoms with Gasteiger partial charge in [-0.05, 0) is 23.8 Å². The standard InChI is InChI=1S/C19H20F3N3O2/c20-19(21,22)12-27-14-5-3-4-13(10-14)11-24-18(23)25-16-8-9-26-17-7-2-1-6-15(16)17/h1-7,10,16H,8-9,11-12H2,(H3,23,24,25). The predicted octanol–water partition coefficient (Wildman–Crippen LogP) is 3.56. The van der Waals surface area contributed by atoms with Gasteiger partial charge in [0.25, 0.3) is 0 Å². The summed E-state index contributed by atoms with van der Waals surface area (Å²) in [5.74, 6) is 1.23. The van der Waals surface area contributed by atoms with Crippen LogP contribution in [0.1, 0.15) is 23.6 Å². The summed E-state index contributed by atoms with van der Waals surface area (Å²) < 4.78 is 47.1. The van der Waals surface area contributed by atoms with Gasteiger partial charge in [-0.1, -0.05) is 30.3 Å². The van der Waals surface area contributed by atoms with Crippen molar-refractivity contribution in [3.8, 4) is 11.5 Å². The Morgan fingerprint density at radius 3 is 2.85 bits per heavy atom. The molecular weight excluding hydrogens is 359 g/mol. The smallest absolute Gasteiger partial charge is 0.422 e. The van der Waals surface area contributed by atoms with Crippen molar-refractivity contribution in [2.24, 2.45) is 10.7 Å². The molecule has 0 radical (unpaired) electrons. The zero-order valence-corrected chi connectivity index (χ0v) is 14.5. The molecule has 27 heavy (non-hydrogen) atoms. The molecule has 0 saturated carbocycles. The zero-order valence-electron chi connectivity index (χ0n) is 14.5. The molecule has 3 rings (SSSR count). The Balaban J connectivity index is 1.60. The van der Waals surface area contributed by atoms with E-state index in [1.165, 1.54) is 12.1 Å². The number of alkyl halides is 3. The van der Waals surface area contributed by atoms with Crippen LogP contribution in [-0.2, 0) is 6.54 Å². The summed E-state index contributed by atoms with van der Waals surface area (Å²) in [6.07, 6.45) is -3.61. The third-order valence-corrected chi connectivity index (χ3v) is 4.01. The molecule has 5 nitrogen and oxygen atoms in total. The highest BCUT2D eigenvalue weighted by Crippen LogP contribution is 2.31. The highest BCUT2D eigenvalue weighted by Gasteiger charge is 2.28. The van der Waals surface area contributed by atoms with Crippen LogP contribution in [0, 0.1) is 0 Å². The SMILES string of the molecule is NC(=NCc1cccc(OCC(F)(F)F)c1)NC1CCOc2ccccc21. The van der Waals surface area contributed by atoms with Crippen LogP contribution < -0.4 is 20.5 Å². The molecule has 0 aliphatic carbocycles. The highest BCUT2D eigenvalue weighted by atomic mass is 19.4. The van der Waals surface area contributed by atoms with E-state index in [-0.39, 0.29) is 24.3 Å². The fourth-order valence-electron chi connectivity index (χ4n) is 2.79. The quantitative estimate of drug-likeness (QED) is 0.616. The fraction of sp³-hybridized carbons (Fsp3) is 0.316. The van der Waals surface area contributed by atoms with Gasteiger partial charge in [0.1, 0.15) is 11.5 Å². The zero-order chi connectivity index (χ0) is 19.3. The van der Waals surface area contributed by atoms with E-state index in [0.29, 0.717) is 12.2 Å². The van der Waals surface area contributed by atoms with Gasteiger partial charge < -0.3 is 20.5 Å². The number of halogens is 3. The summed E-state index contributed by atoms with van der Waals surface area (Å²) in [6, 6.07) is 14.1. The first-order valence-electron chi connectivity index (χ1n) is 8.47. The van der Waals surface area contributed by atoms with Crippen LogP contribution in [0.25, 0.3) is 0 Å². The molecule has 8 heteroatoms. The Hall–Kier alpha value is -2.90. The maximum Gasteiger partial charge on any atom is 0.422 e. The van der Waals surface area contributed by atoms with E-state index in [9.17, 15) is 13.2 Å². The molecular formula is C19H20F3N3O2. The van der Waals surface area contributed by atoms with E-state index < -0.39 is 12.8 Å². The van der Waals surface area contributed by atoms with Gasteiger partial charge in [-0.15, -0.1) is 0 Å². The minimum Gasteiger partial charge on any atom is -0.493 e. The van der Waals surface area contributed by atoms with Gasteiger partial charge in [-0.2, -0.15) is 13.2 Å². The minimum absolute atomic E-state index is 0.000142. The number of guanidine groups is 1. The molecule has 1 aliphatic rings. The van der Waals surface area contributed by atoms with E-state index in [4.69, 9.17) is 15.2 Å². The summed E-state index contributed by atoms with van der Waals surface area (Å²) in [4.78, 5) is 4.28. The van der Waals surface area contributed by atoms with Gasteiger partial charge in [-0.3, -0.25) is 0 Å². The molecule has 1 unspecified atom stereocenters. The fourth-order valence-corrected chi connectivity index (χ4v) is 2.79. The summed E-state index contributed by atoms with van der Waals surface area (Å²) in [5.41, 5.74) is 7.70. The minimum atomic E-state index is -4.37. The number of nitrogens with zero attached hydrogens (tertiary/aromatic N) is 1. The third kappa shape index (κ3) is 5.54. The summed E-state index contributed by atoms with van der Waals surface area (Å²) >= 11 is 0. The first-order valence-corrected chi connectivity index (χ1v) is 8.47. The van der Waals surface area contributed by atoms with Crippen LogP contribution in [0.2, 0.25) is 0 Å². The Bertz CT molecular complexity index is 809. The molecule has 0 spiro atoms. The normalized spacial score (nSPS) is 17.0. The van der Waals surface area contributed by atoms with Crippen molar-refractivity contribution in [2.75, 3.05) is 13.2 Å². The number of aliphatic imine (C=N–C) groups is 1. The average molecular weight is 379 g/mol.